The molecule has 0 amide bonds. The van der Waals surface area contributed by atoms with Crippen LogP contribution in [0.2, 0.25) is 0 Å². The molecule has 0 unspecified atom stereocenters. The first-order valence-corrected chi connectivity index (χ1v) is 6.69. The number of hydrogen-bond acceptors (Lipinski definition) is 3. The molecular formula is C13H16F3N5. The number of nitrogens with zero attached hydrogens (tertiary/aromatic N) is 4. The molecule has 21 heavy (non-hydrogen) atoms. The molecule has 0 radical (unpaired) electrons. The first-order chi connectivity index (χ1) is 9.79. The molecule has 0 bridgehead atoms. The summed E-state index contributed by atoms with van der Waals surface area (Å²) in [5.74, 6) is 0. The maximum absolute atomic E-state index is 13.2. The number of aryl methyl sites for hydroxylation is 2. The molecule has 1 atom stereocenters. The van der Waals surface area contributed by atoms with Gasteiger partial charge in [0.2, 0.25) is 0 Å². The minimum absolute atomic E-state index is 0.0414. The fraction of sp³-hybridized carbons (Fsp3) is 0.538. The SMILES string of the molecule is C[C@@H]1NCCc2c1nn(C)c2-c1cn(C)nc1C(F)(F)F. The maximum Gasteiger partial charge on any atom is 0.435 e. The van der Waals surface area contributed by atoms with Gasteiger partial charge >= 0.3 is 6.18 Å². The molecule has 0 saturated carbocycles. The maximum atomic E-state index is 13.2. The minimum Gasteiger partial charge on any atom is -0.308 e. The van der Waals surface area contributed by atoms with E-state index in [0.717, 1.165) is 17.8 Å². The standard InChI is InChI=1S/C13H16F3N5/c1-7-10-8(4-5-17-7)11(21(3)18-10)9-6-20(2)19-12(9)13(14,15)16/h6-7,17H,4-5H2,1-3H3/t7-/m0/s1. The van der Waals surface area contributed by atoms with Crippen molar-refractivity contribution < 1.29 is 13.2 Å². The topological polar surface area (TPSA) is 47.7 Å². The Morgan fingerprint density at radius 2 is 2.00 bits per heavy atom. The van der Waals surface area contributed by atoms with Gasteiger partial charge in [-0.3, -0.25) is 9.36 Å². The predicted octanol–water partition coefficient (Wildman–Crippen LogP) is 2.05. The second-order valence-electron chi connectivity index (χ2n) is 5.32. The van der Waals surface area contributed by atoms with Crippen LogP contribution in [0, 0.1) is 0 Å². The molecule has 1 N–H and O–H groups in total. The van der Waals surface area contributed by atoms with Crippen molar-refractivity contribution in [3.63, 3.8) is 0 Å². The second-order valence-corrected chi connectivity index (χ2v) is 5.32. The van der Waals surface area contributed by atoms with Crippen molar-refractivity contribution in [1.29, 1.82) is 0 Å². The van der Waals surface area contributed by atoms with Crippen LogP contribution in [-0.2, 0) is 26.7 Å². The van der Waals surface area contributed by atoms with Gasteiger partial charge in [-0.2, -0.15) is 23.4 Å². The van der Waals surface area contributed by atoms with E-state index in [4.69, 9.17) is 0 Å². The molecule has 114 valence electrons. The van der Waals surface area contributed by atoms with Gasteiger partial charge in [0.25, 0.3) is 0 Å². The number of fused-ring (bicyclic) bond motifs is 1. The van der Waals surface area contributed by atoms with E-state index in [0.29, 0.717) is 12.1 Å². The molecule has 3 rings (SSSR count). The molecule has 2 aromatic rings. The van der Waals surface area contributed by atoms with Gasteiger partial charge in [-0.1, -0.05) is 0 Å². The first-order valence-electron chi connectivity index (χ1n) is 6.69. The van der Waals surface area contributed by atoms with E-state index in [9.17, 15) is 13.2 Å². The van der Waals surface area contributed by atoms with Crippen LogP contribution < -0.4 is 5.32 Å². The monoisotopic (exact) mass is 299 g/mol. The molecule has 1 aliphatic rings. The average Bonchev–Trinajstić information content (AvgIpc) is 2.89. The van der Waals surface area contributed by atoms with E-state index in [1.807, 2.05) is 6.92 Å². The van der Waals surface area contributed by atoms with E-state index in [2.05, 4.69) is 15.5 Å². The third-order valence-electron chi connectivity index (χ3n) is 3.76. The van der Waals surface area contributed by atoms with E-state index < -0.39 is 11.9 Å². The number of rotatable bonds is 1. The Balaban J connectivity index is 2.23. The van der Waals surface area contributed by atoms with Gasteiger partial charge in [0, 0.05) is 31.9 Å². The number of nitrogens with one attached hydrogen (secondary N) is 1. The number of halogens is 3. The molecule has 0 aromatic carbocycles. The molecular weight excluding hydrogens is 283 g/mol. The fourth-order valence-corrected chi connectivity index (χ4v) is 2.90. The Morgan fingerprint density at radius 1 is 1.29 bits per heavy atom. The number of alkyl halides is 3. The van der Waals surface area contributed by atoms with Crippen molar-refractivity contribution in [2.75, 3.05) is 6.54 Å². The van der Waals surface area contributed by atoms with Crippen molar-refractivity contribution in [2.24, 2.45) is 14.1 Å². The van der Waals surface area contributed by atoms with Crippen molar-refractivity contribution in [2.45, 2.75) is 25.6 Å². The summed E-state index contributed by atoms with van der Waals surface area (Å²) in [6.07, 6.45) is -2.41. The summed E-state index contributed by atoms with van der Waals surface area (Å²) in [6, 6.07) is 0.0414. The zero-order valence-electron chi connectivity index (χ0n) is 12.0. The van der Waals surface area contributed by atoms with Crippen LogP contribution in [0.4, 0.5) is 13.2 Å². The van der Waals surface area contributed by atoms with E-state index >= 15 is 0 Å². The molecule has 5 nitrogen and oxygen atoms in total. The van der Waals surface area contributed by atoms with Gasteiger partial charge in [0.1, 0.15) is 0 Å². The van der Waals surface area contributed by atoms with Crippen molar-refractivity contribution in [3.8, 4) is 11.3 Å². The Labute approximate surface area is 119 Å². The van der Waals surface area contributed by atoms with Crippen molar-refractivity contribution in [3.05, 3.63) is 23.1 Å². The molecule has 1 aliphatic heterocycles. The van der Waals surface area contributed by atoms with Crippen LogP contribution in [0.5, 0.6) is 0 Å². The van der Waals surface area contributed by atoms with Crippen LogP contribution in [0.15, 0.2) is 6.20 Å². The number of aromatic nitrogens is 4. The molecule has 0 fully saturated rings. The van der Waals surface area contributed by atoms with E-state index in [1.54, 1.807) is 7.05 Å². The lowest BCUT2D eigenvalue weighted by Gasteiger charge is -2.19. The zero-order chi connectivity index (χ0) is 15.4. The van der Waals surface area contributed by atoms with Crippen molar-refractivity contribution >= 4 is 0 Å². The summed E-state index contributed by atoms with van der Waals surface area (Å²) in [6.45, 7) is 2.69. The summed E-state index contributed by atoms with van der Waals surface area (Å²) in [7, 11) is 3.17. The largest absolute Gasteiger partial charge is 0.435 e. The second kappa shape index (κ2) is 4.59. The van der Waals surface area contributed by atoms with E-state index in [1.165, 1.54) is 22.6 Å². The summed E-state index contributed by atoms with van der Waals surface area (Å²) < 4.78 is 42.3. The molecule has 3 heterocycles. The molecule has 0 saturated heterocycles. The number of hydrogen-bond donors (Lipinski definition) is 1. The predicted molar refractivity (Wildman–Crippen MR) is 70.5 cm³/mol. The first kappa shape index (κ1) is 14.1. The smallest absolute Gasteiger partial charge is 0.308 e. The van der Waals surface area contributed by atoms with Crippen LogP contribution in [0.1, 0.15) is 29.9 Å². The van der Waals surface area contributed by atoms with Gasteiger partial charge in [-0.25, -0.2) is 0 Å². The quantitative estimate of drug-likeness (QED) is 0.876. The normalized spacial score (nSPS) is 18.9. The van der Waals surface area contributed by atoms with Crippen LogP contribution in [0.3, 0.4) is 0 Å². The molecule has 0 aliphatic carbocycles. The highest BCUT2D eigenvalue weighted by atomic mass is 19.4. The lowest BCUT2D eigenvalue weighted by molar-refractivity contribution is -0.141. The third kappa shape index (κ3) is 2.23. The van der Waals surface area contributed by atoms with E-state index in [-0.39, 0.29) is 11.6 Å². The zero-order valence-corrected chi connectivity index (χ0v) is 12.0. The van der Waals surface area contributed by atoms with Gasteiger partial charge in [0.05, 0.1) is 17.0 Å². The van der Waals surface area contributed by atoms with Gasteiger partial charge in [-0.05, 0) is 19.9 Å². The summed E-state index contributed by atoms with van der Waals surface area (Å²) in [5.41, 5.74) is 1.44. The fourth-order valence-electron chi connectivity index (χ4n) is 2.90. The summed E-state index contributed by atoms with van der Waals surface area (Å²) in [4.78, 5) is 0. The highest BCUT2D eigenvalue weighted by molar-refractivity contribution is 5.67. The average molecular weight is 299 g/mol. The van der Waals surface area contributed by atoms with Crippen LogP contribution in [-0.4, -0.2) is 26.1 Å². The lowest BCUT2D eigenvalue weighted by atomic mass is 9.97. The molecule has 8 heteroatoms. The third-order valence-corrected chi connectivity index (χ3v) is 3.76. The van der Waals surface area contributed by atoms with Gasteiger partial charge in [0.15, 0.2) is 5.69 Å². The van der Waals surface area contributed by atoms with Gasteiger partial charge < -0.3 is 5.32 Å². The minimum atomic E-state index is -4.48. The molecule has 0 spiro atoms. The Kier molecular flexibility index (Phi) is 3.09. The summed E-state index contributed by atoms with van der Waals surface area (Å²) >= 11 is 0. The van der Waals surface area contributed by atoms with Crippen LogP contribution in [0.25, 0.3) is 11.3 Å². The summed E-state index contributed by atoms with van der Waals surface area (Å²) in [5, 5.41) is 11.2. The van der Waals surface area contributed by atoms with Crippen molar-refractivity contribution in [1.82, 2.24) is 24.9 Å². The highest BCUT2D eigenvalue weighted by Crippen LogP contribution is 2.39. The Hall–Kier alpha value is -1.83. The van der Waals surface area contributed by atoms with Crippen LogP contribution >= 0.6 is 0 Å². The lowest BCUT2D eigenvalue weighted by Crippen LogP contribution is -2.27. The van der Waals surface area contributed by atoms with Gasteiger partial charge in [-0.15, -0.1) is 0 Å². The highest BCUT2D eigenvalue weighted by Gasteiger charge is 2.39. The molecule has 2 aromatic heterocycles. The Morgan fingerprint density at radius 3 is 2.67 bits per heavy atom. The Bertz CT molecular complexity index is 683.